The van der Waals surface area contributed by atoms with Crippen molar-refractivity contribution in [2.45, 2.75) is 17.7 Å². The van der Waals surface area contributed by atoms with Crippen LogP contribution >= 0.6 is 22.7 Å². The van der Waals surface area contributed by atoms with Crippen molar-refractivity contribution in [3.8, 4) is 0 Å². The molecule has 0 aliphatic carbocycles. The van der Waals surface area contributed by atoms with Gasteiger partial charge in [0.1, 0.15) is 10.8 Å². The number of sulfonamides is 1. The van der Waals surface area contributed by atoms with Crippen LogP contribution in [0.5, 0.6) is 0 Å². The topological polar surface area (TPSA) is 121 Å². The van der Waals surface area contributed by atoms with E-state index < -0.39 is 20.9 Å². The van der Waals surface area contributed by atoms with E-state index in [0.717, 1.165) is 22.7 Å². The number of fused-ring (bicyclic) bond motifs is 1. The molecule has 0 radical (unpaired) electrons. The van der Waals surface area contributed by atoms with Crippen molar-refractivity contribution in [3.05, 3.63) is 50.6 Å². The molecule has 0 aliphatic rings. The van der Waals surface area contributed by atoms with Crippen molar-refractivity contribution in [1.82, 2.24) is 4.57 Å². The highest BCUT2D eigenvalue weighted by Gasteiger charge is 2.18. The van der Waals surface area contributed by atoms with Gasteiger partial charge in [0.05, 0.1) is 21.7 Å². The maximum Gasteiger partial charge on any atom is 0.326 e. The normalized spacial score (nSPS) is 12.4. The first-order valence-corrected chi connectivity index (χ1v) is 10.7. The molecule has 2 aromatic heterocycles. The molecule has 0 spiro atoms. The average molecular weight is 427 g/mol. The first-order chi connectivity index (χ1) is 12.8. The fourth-order valence-electron chi connectivity index (χ4n) is 2.29. The van der Waals surface area contributed by atoms with Gasteiger partial charge >= 0.3 is 5.97 Å². The van der Waals surface area contributed by atoms with Gasteiger partial charge in [-0.1, -0.05) is 17.4 Å². The van der Waals surface area contributed by atoms with Gasteiger partial charge in [-0.25, -0.2) is 0 Å². The molecule has 0 amide bonds. The summed E-state index contributed by atoms with van der Waals surface area (Å²) < 4.78 is 35.6. The highest BCUT2D eigenvalue weighted by molar-refractivity contribution is 7.92. The van der Waals surface area contributed by atoms with E-state index in [2.05, 4.69) is 4.40 Å². The predicted molar refractivity (Wildman–Crippen MR) is 100 cm³/mol. The molecule has 1 aromatic carbocycles. The maximum atomic E-state index is 12.5. The van der Waals surface area contributed by atoms with Crippen molar-refractivity contribution >= 4 is 54.6 Å². The second-order valence-electron chi connectivity index (χ2n) is 5.18. The molecule has 12 heteroatoms. The van der Waals surface area contributed by atoms with Crippen molar-refractivity contribution < 1.29 is 22.9 Å². The number of thiophene rings is 1. The van der Waals surface area contributed by atoms with Gasteiger partial charge in [0.15, 0.2) is 0 Å². The zero-order chi connectivity index (χ0) is 19.6. The van der Waals surface area contributed by atoms with Crippen LogP contribution in [0.1, 0.15) is 6.92 Å². The fourth-order valence-corrected chi connectivity index (χ4v) is 5.53. The average Bonchev–Trinajstić information content (AvgIpc) is 3.24. The number of nitrogens with zero attached hydrogens (tertiary/aromatic N) is 3. The number of ether oxygens (including phenoxy) is 1. The van der Waals surface area contributed by atoms with Crippen LogP contribution in [0.3, 0.4) is 0 Å². The summed E-state index contributed by atoms with van der Waals surface area (Å²) in [5.74, 6) is -0.564. The number of nitro benzene ring substituents is 1. The second-order valence-corrected chi connectivity index (χ2v) is 8.97. The number of hydrogen-bond donors (Lipinski definition) is 0. The van der Waals surface area contributed by atoms with Crippen molar-refractivity contribution in [2.24, 2.45) is 4.40 Å². The SMILES string of the molecule is CCOC(=O)Cn1c(=NS(=O)(=O)c2cccs2)sc2cc([N+](=O)[O-])ccc21. The molecule has 0 saturated heterocycles. The molecular formula is C15H13N3O6S3. The van der Waals surface area contributed by atoms with Crippen LogP contribution in [-0.4, -0.2) is 30.5 Å². The van der Waals surface area contributed by atoms with E-state index >= 15 is 0 Å². The quantitative estimate of drug-likeness (QED) is 0.339. The second kappa shape index (κ2) is 7.58. The van der Waals surface area contributed by atoms with Gasteiger partial charge in [0.25, 0.3) is 15.7 Å². The third kappa shape index (κ3) is 4.07. The summed E-state index contributed by atoms with van der Waals surface area (Å²) in [5.41, 5.74) is 0.318. The Balaban J connectivity index is 2.22. The van der Waals surface area contributed by atoms with Crippen molar-refractivity contribution in [2.75, 3.05) is 6.61 Å². The van der Waals surface area contributed by atoms with Crippen LogP contribution in [0.2, 0.25) is 0 Å². The zero-order valence-corrected chi connectivity index (χ0v) is 16.3. The fraction of sp³-hybridized carbons (Fsp3) is 0.200. The number of carbonyl (C=O) groups excluding carboxylic acids is 1. The number of aromatic nitrogens is 1. The molecule has 0 atom stereocenters. The Hall–Kier alpha value is -2.57. The molecule has 0 bridgehead atoms. The lowest BCUT2D eigenvalue weighted by Crippen LogP contribution is -2.23. The highest BCUT2D eigenvalue weighted by Crippen LogP contribution is 2.24. The Kier molecular flexibility index (Phi) is 5.39. The molecule has 0 fully saturated rings. The Morgan fingerprint density at radius 2 is 2.15 bits per heavy atom. The molecule has 9 nitrogen and oxygen atoms in total. The largest absolute Gasteiger partial charge is 0.465 e. The first-order valence-electron chi connectivity index (χ1n) is 7.59. The lowest BCUT2D eigenvalue weighted by Gasteiger charge is -2.05. The minimum atomic E-state index is -3.97. The molecule has 3 rings (SSSR count). The molecule has 27 heavy (non-hydrogen) atoms. The predicted octanol–water partition coefficient (Wildman–Crippen LogP) is 2.53. The number of benzene rings is 1. The van der Waals surface area contributed by atoms with E-state index in [0.29, 0.717) is 10.2 Å². The van der Waals surface area contributed by atoms with E-state index in [-0.39, 0.29) is 27.8 Å². The van der Waals surface area contributed by atoms with Crippen LogP contribution < -0.4 is 4.80 Å². The molecule has 0 N–H and O–H groups in total. The van der Waals surface area contributed by atoms with Gasteiger partial charge in [-0.3, -0.25) is 14.9 Å². The van der Waals surface area contributed by atoms with Crippen LogP contribution in [0, 0.1) is 10.1 Å². The van der Waals surface area contributed by atoms with Gasteiger partial charge in [-0.05, 0) is 24.4 Å². The van der Waals surface area contributed by atoms with E-state index in [1.807, 2.05) is 0 Å². The van der Waals surface area contributed by atoms with Crippen LogP contribution in [0.4, 0.5) is 5.69 Å². The van der Waals surface area contributed by atoms with Gasteiger partial charge < -0.3 is 9.30 Å². The summed E-state index contributed by atoms with van der Waals surface area (Å²) in [6.07, 6.45) is 0. The number of nitro groups is 1. The van der Waals surface area contributed by atoms with Gasteiger partial charge in [0, 0.05) is 12.1 Å². The smallest absolute Gasteiger partial charge is 0.326 e. The van der Waals surface area contributed by atoms with Gasteiger partial charge in [-0.15, -0.1) is 15.7 Å². The summed E-state index contributed by atoms with van der Waals surface area (Å²) in [7, 11) is -3.97. The minimum absolute atomic E-state index is 0.0342. The van der Waals surface area contributed by atoms with Crippen molar-refractivity contribution in [1.29, 1.82) is 0 Å². The number of thiazole rings is 1. The Morgan fingerprint density at radius 3 is 2.78 bits per heavy atom. The Labute approximate surface area is 161 Å². The molecule has 0 aliphatic heterocycles. The maximum absolute atomic E-state index is 12.5. The molecule has 0 unspecified atom stereocenters. The van der Waals surface area contributed by atoms with Crippen molar-refractivity contribution in [3.63, 3.8) is 0 Å². The summed E-state index contributed by atoms with van der Waals surface area (Å²) in [5, 5.41) is 12.6. The van der Waals surface area contributed by atoms with Crippen LogP contribution in [0.25, 0.3) is 10.2 Å². The Bertz CT molecular complexity index is 1180. The number of esters is 1. The Morgan fingerprint density at radius 1 is 1.37 bits per heavy atom. The zero-order valence-electron chi connectivity index (χ0n) is 13.9. The summed E-state index contributed by atoms with van der Waals surface area (Å²) in [6, 6.07) is 7.08. The third-order valence-corrected chi connectivity index (χ3v) is 7.21. The summed E-state index contributed by atoms with van der Waals surface area (Å²) >= 11 is 1.97. The summed E-state index contributed by atoms with van der Waals surface area (Å²) in [6.45, 7) is 1.57. The van der Waals surface area contributed by atoms with E-state index in [1.165, 1.54) is 28.8 Å². The van der Waals surface area contributed by atoms with E-state index in [4.69, 9.17) is 4.74 Å². The number of rotatable bonds is 6. The van der Waals surface area contributed by atoms with E-state index in [1.54, 1.807) is 18.4 Å². The number of non-ortho nitro benzene ring substituents is 1. The third-order valence-electron chi connectivity index (χ3n) is 3.42. The lowest BCUT2D eigenvalue weighted by molar-refractivity contribution is -0.384. The molecule has 3 aromatic rings. The molecule has 0 saturated carbocycles. The molecular weight excluding hydrogens is 414 g/mol. The van der Waals surface area contributed by atoms with E-state index in [9.17, 15) is 23.3 Å². The first kappa shape index (κ1) is 19.2. The lowest BCUT2D eigenvalue weighted by atomic mass is 10.3. The van der Waals surface area contributed by atoms with Crippen LogP contribution in [-0.2, 0) is 26.1 Å². The standard InChI is InChI=1S/C15H13N3O6S3/c1-2-24-13(19)9-17-11-6-5-10(18(20)21)8-12(11)26-15(17)16-27(22,23)14-4-3-7-25-14/h3-8H,2,9H2,1H3. The van der Waals surface area contributed by atoms with Crippen LogP contribution in [0.15, 0.2) is 44.3 Å². The molecule has 2 heterocycles. The highest BCUT2D eigenvalue weighted by atomic mass is 32.2. The van der Waals surface area contributed by atoms with Gasteiger partial charge in [-0.2, -0.15) is 8.42 Å². The minimum Gasteiger partial charge on any atom is -0.465 e. The molecule has 142 valence electrons. The monoisotopic (exact) mass is 427 g/mol. The number of hydrogen-bond acceptors (Lipinski definition) is 8. The number of carbonyl (C=O) groups is 1. The summed E-state index contributed by atoms with van der Waals surface area (Å²) in [4.78, 5) is 22.4. The van der Waals surface area contributed by atoms with Gasteiger partial charge in [0.2, 0.25) is 4.80 Å².